The number of phenols is 1. The summed E-state index contributed by atoms with van der Waals surface area (Å²) in [5.41, 5.74) is 3.66. The summed E-state index contributed by atoms with van der Waals surface area (Å²) in [6, 6.07) is 28.7. The number of rotatable bonds is 8. The topological polar surface area (TPSA) is 52.6 Å². The number of carbonyl (C=O) groups is 1. The molecule has 0 spiro atoms. The highest BCUT2D eigenvalue weighted by Crippen LogP contribution is 2.28. The van der Waals surface area contributed by atoms with E-state index in [0.717, 1.165) is 44.5 Å². The summed E-state index contributed by atoms with van der Waals surface area (Å²) in [5, 5.41) is 12.6. The van der Waals surface area contributed by atoms with Crippen LogP contribution in [0.1, 0.15) is 41.9 Å². The van der Waals surface area contributed by atoms with Crippen LogP contribution in [0.15, 0.2) is 84.9 Å². The molecule has 0 bridgehead atoms. The van der Waals surface area contributed by atoms with Crippen molar-refractivity contribution >= 4 is 5.91 Å². The Hall–Kier alpha value is -3.11. The number of nitrogens with one attached hydrogen (secondary N) is 1. The molecule has 1 heterocycles. The van der Waals surface area contributed by atoms with Crippen molar-refractivity contribution in [1.82, 2.24) is 10.2 Å². The Morgan fingerprint density at radius 3 is 2.00 bits per heavy atom. The van der Waals surface area contributed by atoms with Crippen LogP contribution < -0.4 is 5.32 Å². The molecule has 0 aromatic heterocycles. The molecule has 3 aromatic carbocycles. The molecule has 4 nitrogen and oxygen atoms in total. The molecular weight excluding hydrogens is 396 g/mol. The van der Waals surface area contributed by atoms with Gasteiger partial charge in [-0.2, -0.15) is 0 Å². The molecule has 4 heteroatoms. The summed E-state index contributed by atoms with van der Waals surface area (Å²) in [6.07, 6.45) is 3.42. The molecule has 32 heavy (non-hydrogen) atoms. The molecule has 1 saturated heterocycles. The van der Waals surface area contributed by atoms with Gasteiger partial charge in [-0.1, -0.05) is 72.8 Å². The van der Waals surface area contributed by atoms with Crippen LogP contribution in [0.2, 0.25) is 0 Å². The summed E-state index contributed by atoms with van der Waals surface area (Å²) >= 11 is 0. The van der Waals surface area contributed by atoms with Gasteiger partial charge in [0, 0.05) is 25.0 Å². The average molecular weight is 429 g/mol. The van der Waals surface area contributed by atoms with Gasteiger partial charge in [0.2, 0.25) is 5.91 Å². The number of aromatic hydroxyl groups is 1. The van der Waals surface area contributed by atoms with Gasteiger partial charge < -0.3 is 15.3 Å². The third kappa shape index (κ3) is 6.21. The molecular formula is C28H32N2O2. The number of hydrogen-bond donors (Lipinski definition) is 2. The van der Waals surface area contributed by atoms with Gasteiger partial charge in [-0.15, -0.1) is 0 Å². The molecule has 1 fully saturated rings. The minimum atomic E-state index is 0.0577. The number of nitrogens with zero attached hydrogens (tertiary/aromatic N) is 1. The van der Waals surface area contributed by atoms with Gasteiger partial charge in [-0.25, -0.2) is 0 Å². The summed E-state index contributed by atoms with van der Waals surface area (Å²) in [7, 11) is 0. The highest BCUT2D eigenvalue weighted by Gasteiger charge is 2.22. The lowest BCUT2D eigenvalue weighted by atomic mass is 9.88. The number of piperidine rings is 1. The SMILES string of the molecule is O=C(Cc1ccc(O)cc1)NC1CCN(CCC(c2ccccc2)c2ccccc2)CC1. The number of amides is 1. The zero-order valence-corrected chi connectivity index (χ0v) is 18.5. The van der Waals surface area contributed by atoms with Crippen molar-refractivity contribution in [3.05, 3.63) is 102 Å². The Morgan fingerprint density at radius 1 is 0.875 bits per heavy atom. The zero-order valence-electron chi connectivity index (χ0n) is 18.5. The van der Waals surface area contributed by atoms with Crippen molar-refractivity contribution in [2.24, 2.45) is 0 Å². The molecule has 0 unspecified atom stereocenters. The lowest BCUT2D eigenvalue weighted by Gasteiger charge is -2.33. The van der Waals surface area contributed by atoms with E-state index in [9.17, 15) is 9.90 Å². The number of phenolic OH excluding ortho intramolecular Hbond substituents is 1. The first-order valence-electron chi connectivity index (χ1n) is 11.6. The lowest BCUT2D eigenvalue weighted by molar-refractivity contribution is -0.121. The lowest BCUT2D eigenvalue weighted by Crippen LogP contribution is -2.45. The minimum Gasteiger partial charge on any atom is -0.508 e. The number of hydrogen-bond acceptors (Lipinski definition) is 3. The molecule has 0 aliphatic carbocycles. The highest BCUT2D eigenvalue weighted by molar-refractivity contribution is 5.78. The monoisotopic (exact) mass is 428 g/mol. The Balaban J connectivity index is 1.26. The van der Waals surface area contributed by atoms with Crippen molar-refractivity contribution in [2.75, 3.05) is 19.6 Å². The summed E-state index contributed by atoms with van der Waals surface area (Å²) < 4.78 is 0. The van der Waals surface area contributed by atoms with Crippen molar-refractivity contribution in [3.63, 3.8) is 0 Å². The first-order chi connectivity index (χ1) is 15.7. The Bertz CT molecular complexity index is 926. The Kier molecular flexibility index (Phi) is 7.57. The maximum absolute atomic E-state index is 12.4. The highest BCUT2D eigenvalue weighted by atomic mass is 16.3. The first kappa shape index (κ1) is 22.1. The average Bonchev–Trinajstić information content (AvgIpc) is 2.83. The Morgan fingerprint density at radius 2 is 1.44 bits per heavy atom. The van der Waals surface area contributed by atoms with Gasteiger partial charge in [0.1, 0.15) is 5.75 Å². The summed E-state index contributed by atoms with van der Waals surface area (Å²) in [6.45, 7) is 3.09. The maximum Gasteiger partial charge on any atom is 0.224 e. The van der Waals surface area contributed by atoms with Crippen molar-refractivity contribution < 1.29 is 9.90 Å². The van der Waals surface area contributed by atoms with E-state index in [1.807, 2.05) is 0 Å². The molecule has 4 rings (SSSR count). The van der Waals surface area contributed by atoms with Crippen LogP contribution in [-0.2, 0) is 11.2 Å². The normalized spacial score (nSPS) is 15.0. The predicted molar refractivity (Wildman–Crippen MR) is 129 cm³/mol. The van der Waals surface area contributed by atoms with Crippen LogP contribution in [0.25, 0.3) is 0 Å². The van der Waals surface area contributed by atoms with Crippen molar-refractivity contribution in [2.45, 2.75) is 37.6 Å². The zero-order chi connectivity index (χ0) is 22.2. The smallest absolute Gasteiger partial charge is 0.224 e. The van der Waals surface area contributed by atoms with E-state index in [0.29, 0.717) is 12.3 Å². The van der Waals surface area contributed by atoms with Crippen LogP contribution in [0.5, 0.6) is 5.75 Å². The van der Waals surface area contributed by atoms with Crippen molar-refractivity contribution in [1.29, 1.82) is 0 Å². The molecule has 0 radical (unpaired) electrons. The fraction of sp³-hybridized carbons (Fsp3) is 0.321. The molecule has 0 saturated carbocycles. The van der Waals surface area contributed by atoms with Gasteiger partial charge in [0.15, 0.2) is 0 Å². The number of carbonyl (C=O) groups excluding carboxylic acids is 1. The van der Waals surface area contributed by atoms with E-state index < -0.39 is 0 Å². The molecule has 2 N–H and O–H groups in total. The third-order valence-corrected chi connectivity index (χ3v) is 6.39. The first-order valence-corrected chi connectivity index (χ1v) is 11.6. The van der Waals surface area contributed by atoms with Gasteiger partial charge in [-0.05, 0) is 54.6 Å². The van der Waals surface area contributed by atoms with Gasteiger partial charge in [-0.3, -0.25) is 4.79 Å². The molecule has 0 atom stereocenters. The van der Waals surface area contributed by atoms with Crippen LogP contribution in [0.4, 0.5) is 0 Å². The third-order valence-electron chi connectivity index (χ3n) is 6.39. The van der Waals surface area contributed by atoms with Crippen molar-refractivity contribution in [3.8, 4) is 5.75 Å². The van der Waals surface area contributed by atoms with Gasteiger partial charge in [0.25, 0.3) is 0 Å². The molecule has 1 aliphatic rings. The summed E-state index contributed by atoms with van der Waals surface area (Å²) in [4.78, 5) is 14.9. The maximum atomic E-state index is 12.4. The quantitative estimate of drug-likeness (QED) is 0.545. The van der Waals surface area contributed by atoms with E-state index in [2.05, 4.69) is 70.9 Å². The molecule has 1 amide bonds. The second-order valence-corrected chi connectivity index (χ2v) is 8.69. The molecule has 166 valence electrons. The number of likely N-dealkylation sites (tertiary alicyclic amines) is 1. The van der Waals surface area contributed by atoms with Crippen LogP contribution in [-0.4, -0.2) is 41.6 Å². The van der Waals surface area contributed by atoms with Crippen LogP contribution in [0.3, 0.4) is 0 Å². The fourth-order valence-corrected chi connectivity index (χ4v) is 4.59. The molecule has 3 aromatic rings. The van der Waals surface area contributed by atoms with E-state index in [-0.39, 0.29) is 17.7 Å². The van der Waals surface area contributed by atoms with E-state index in [1.54, 1.807) is 24.3 Å². The van der Waals surface area contributed by atoms with E-state index >= 15 is 0 Å². The second kappa shape index (κ2) is 11.0. The minimum absolute atomic E-state index is 0.0577. The number of benzene rings is 3. The largest absolute Gasteiger partial charge is 0.508 e. The second-order valence-electron chi connectivity index (χ2n) is 8.69. The van der Waals surface area contributed by atoms with E-state index in [1.165, 1.54) is 11.1 Å². The molecule has 1 aliphatic heterocycles. The van der Waals surface area contributed by atoms with Crippen LogP contribution >= 0.6 is 0 Å². The standard InChI is InChI=1S/C28H32N2O2/c31-26-13-11-22(12-14-26)21-28(32)29-25-15-18-30(19-16-25)20-17-27(23-7-3-1-4-8-23)24-9-5-2-6-10-24/h1-14,25,27,31H,15-21H2,(H,29,32). The van der Waals surface area contributed by atoms with Gasteiger partial charge in [0.05, 0.1) is 6.42 Å². The Labute approximate surface area is 190 Å². The summed E-state index contributed by atoms with van der Waals surface area (Å²) in [5.74, 6) is 0.686. The fourth-order valence-electron chi connectivity index (χ4n) is 4.59. The predicted octanol–water partition coefficient (Wildman–Crippen LogP) is 4.74. The van der Waals surface area contributed by atoms with Gasteiger partial charge >= 0.3 is 0 Å². The van der Waals surface area contributed by atoms with Crippen LogP contribution in [0, 0.1) is 0 Å². The van der Waals surface area contributed by atoms with E-state index in [4.69, 9.17) is 0 Å².